The molecule has 5 nitrogen and oxygen atoms in total. The van der Waals surface area contributed by atoms with Crippen molar-refractivity contribution in [3.63, 3.8) is 0 Å². The summed E-state index contributed by atoms with van der Waals surface area (Å²) >= 11 is 0. The molecule has 1 aliphatic rings. The molecular formula is C21H29N5. The second kappa shape index (κ2) is 9.92. The number of hydrogen-bond acceptors (Lipinski definition) is 3. The van der Waals surface area contributed by atoms with E-state index in [-0.39, 0.29) is 0 Å². The minimum absolute atomic E-state index is 0.790. The minimum atomic E-state index is 0.790. The van der Waals surface area contributed by atoms with Crippen molar-refractivity contribution in [1.82, 2.24) is 20.1 Å². The first-order valence-electron chi connectivity index (χ1n) is 9.53. The molecule has 26 heavy (non-hydrogen) atoms. The van der Waals surface area contributed by atoms with Crippen LogP contribution in [0.1, 0.15) is 18.1 Å². The molecule has 0 atom stereocenters. The van der Waals surface area contributed by atoms with E-state index in [1.165, 1.54) is 11.1 Å². The molecule has 1 N–H and O–H groups in total. The predicted octanol–water partition coefficient (Wildman–Crippen LogP) is 2.41. The Morgan fingerprint density at radius 1 is 1.04 bits per heavy atom. The van der Waals surface area contributed by atoms with Crippen molar-refractivity contribution in [2.24, 2.45) is 4.99 Å². The lowest BCUT2D eigenvalue weighted by Gasteiger charge is -2.36. The van der Waals surface area contributed by atoms with E-state index >= 15 is 0 Å². The molecule has 138 valence electrons. The van der Waals surface area contributed by atoms with Gasteiger partial charge in [0.05, 0.1) is 0 Å². The van der Waals surface area contributed by atoms with Crippen LogP contribution in [-0.4, -0.2) is 60.0 Å². The average molecular weight is 351 g/mol. The predicted molar refractivity (Wildman–Crippen MR) is 107 cm³/mol. The van der Waals surface area contributed by atoms with Crippen LogP contribution in [0, 0.1) is 0 Å². The number of rotatable bonds is 6. The number of hydrogen-bond donors (Lipinski definition) is 1. The highest BCUT2D eigenvalue weighted by atomic mass is 15.3. The summed E-state index contributed by atoms with van der Waals surface area (Å²) in [6.07, 6.45) is 4.66. The third-order valence-corrected chi connectivity index (χ3v) is 4.64. The van der Waals surface area contributed by atoms with Gasteiger partial charge in [0, 0.05) is 58.2 Å². The fourth-order valence-corrected chi connectivity index (χ4v) is 3.22. The molecular weight excluding hydrogens is 322 g/mol. The van der Waals surface area contributed by atoms with Gasteiger partial charge >= 0.3 is 0 Å². The van der Waals surface area contributed by atoms with Crippen LogP contribution in [0.5, 0.6) is 0 Å². The van der Waals surface area contributed by atoms with Crippen molar-refractivity contribution in [1.29, 1.82) is 0 Å². The second-order valence-electron chi connectivity index (χ2n) is 6.60. The summed E-state index contributed by atoms with van der Waals surface area (Å²) in [6.45, 7) is 9.03. The zero-order valence-electron chi connectivity index (χ0n) is 15.6. The molecule has 0 bridgehead atoms. The number of benzene rings is 1. The quantitative estimate of drug-likeness (QED) is 0.641. The average Bonchev–Trinajstić information content (AvgIpc) is 2.70. The Morgan fingerprint density at radius 2 is 1.81 bits per heavy atom. The molecule has 5 heteroatoms. The van der Waals surface area contributed by atoms with Gasteiger partial charge in [-0.3, -0.25) is 14.9 Å². The van der Waals surface area contributed by atoms with Crippen LogP contribution in [0.25, 0.3) is 0 Å². The highest BCUT2D eigenvalue weighted by molar-refractivity contribution is 5.80. The SMILES string of the molecule is CCNC(=NCCc1cccnc1)N1CCN(Cc2ccccc2)CC1. The van der Waals surface area contributed by atoms with Crippen LogP contribution in [0.3, 0.4) is 0 Å². The lowest BCUT2D eigenvalue weighted by Crippen LogP contribution is -2.52. The van der Waals surface area contributed by atoms with Crippen molar-refractivity contribution < 1.29 is 0 Å². The topological polar surface area (TPSA) is 43.8 Å². The maximum Gasteiger partial charge on any atom is 0.194 e. The molecule has 0 saturated carbocycles. The van der Waals surface area contributed by atoms with E-state index in [9.17, 15) is 0 Å². The Kier molecular flexibility index (Phi) is 7.02. The van der Waals surface area contributed by atoms with Gasteiger partial charge in [-0.15, -0.1) is 0 Å². The van der Waals surface area contributed by atoms with Crippen molar-refractivity contribution >= 4 is 5.96 Å². The van der Waals surface area contributed by atoms with Gasteiger partial charge < -0.3 is 10.2 Å². The normalized spacial score (nSPS) is 15.9. The summed E-state index contributed by atoms with van der Waals surface area (Å²) < 4.78 is 0. The lowest BCUT2D eigenvalue weighted by atomic mass is 10.2. The summed E-state index contributed by atoms with van der Waals surface area (Å²) in [6, 6.07) is 14.8. The van der Waals surface area contributed by atoms with E-state index in [0.717, 1.165) is 58.2 Å². The fourth-order valence-electron chi connectivity index (χ4n) is 3.22. The fraction of sp³-hybridized carbons (Fsp3) is 0.429. The molecule has 1 fully saturated rings. The van der Waals surface area contributed by atoms with Crippen LogP contribution in [0.2, 0.25) is 0 Å². The molecule has 0 spiro atoms. The number of nitrogens with one attached hydrogen (secondary N) is 1. The smallest absolute Gasteiger partial charge is 0.194 e. The summed E-state index contributed by atoms with van der Waals surface area (Å²) in [5.74, 6) is 1.04. The van der Waals surface area contributed by atoms with Gasteiger partial charge in [-0.05, 0) is 30.5 Å². The van der Waals surface area contributed by atoms with E-state index in [1.807, 2.05) is 18.5 Å². The number of nitrogens with zero attached hydrogens (tertiary/aromatic N) is 4. The van der Waals surface area contributed by atoms with Crippen molar-refractivity contribution in [3.8, 4) is 0 Å². The standard InChI is InChI=1S/C21H29N5/c1-2-23-21(24-12-10-19-9-6-11-22-17-19)26-15-13-25(14-16-26)18-20-7-4-3-5-8-20/h3-9,11,17H,2,10,12-16,18H2,1H3,(H,23,24). The van der Waals surface area contributed by atoms with Crippen LogP contribution >= 0.6 is 0 Å². The third kappa shape index (κ3) is 5.56. The number of guanidine groups is 1. The Labute approximate surface area is 156 Å². The molecule has 1 aromatic carbocycles. The van der Waals surface area contributed by atoms with Crippen LogP contribution in [0.15, 0.2) is 59.9 Å². The molecule has 0 amide bonds. The molecule has 1 saturated heterocycles. The second-order valence-corrected chi connectivity index (χ2v) is 6.60. The highest BCUT2D eigenvalue weighted by Gasteiger charge is 2.19. The summed E-state index contributed by atoms with van der Waals surface area (Å²) in [5.41, 5.74) is 2.62. The van der Waals surface area contributed by atoms with E-state index in [4.69, 9.17) is 4.99 Å². The maximum absolute atomic E-state index is 4.83. The minimum Gasteiger partial charge on any atom is -0.357 e. The largest absolute Gasteiger partial charge is 0.357 e. The first-order valence-corrected chi connectivity index (χ1v) is 9.53. The zero-order valence-corrected chi connectivity index (χ0v) is 15.6. The molecule has 0 unspecified atom stereocenters. The van der Waals surface area contributed by atoms with E-state index in [2.05, 4.69) is 63.4 Å². The van der Waals surface area contributed by atoms with Gasteiger partial charge in [-0.25, -0.2) is 0 Å². The summed E-state index contributed by atoms with van der Waals surface area (Å²) in [4.78, 5) is 13.9. The van der Waals surface area contributed by atoms with Gasteiger partial charge in [-0.1, -0.05) is 36.4 Å². The van der Waals surface area contributed by atoms with Gasteiger partial charge in [0.25, 0.3) is 0 Å². The zero-order chi connectivity index (χ0) is 18.0. The summed E-state index contributed by atoms with van der Waals surface area (Å²) in [5, 5.41) is 3.44. The maximum atomic E-state index is 4.83. The van der Waals surface area contributed by atoms with E-state index < -0.39 is 0 Å². The Hall–Kier alpha value is -2.40. The number of piperazine rings is 1. The van der Waals surface area contributed by atoms with Gasteiger partial charge in [-0.2, -0.15) is 0 Å². The molecule has 2 heterocycles. The number of aliphatic imine (C=N–C) groups is 1. The Balaban J connectivity index is 1.50. The van der Waals surface area contributed by atoms with Gasteiger partial charge in [0.1, 0.15) is 0 Å². The summed E-state index contributed by atoms with van der Waals surface area (Å²) in [7, 11) is 0. The monoisotopic (exact) mass is 351 g/mol. The van der Waals surface area contributed by atoms with Gasteiger partial charge in [0.2, 0.25) is 0 Å². The lowest BCUT2D eigenvalue weighted by molar-refractivity contribution is 0.172. The number of aromatic nitrogens is 1. The van der Waals surface area contributed by atoms with Crippen molar-refractivity contribution in [3.05, 3.63) is 66.0 Å². The Morgan fingerprint density at radius 3 is 2.50 bits per heavy atom. The van der Waals surface area contributed by atoms with E-state index in [0.29, 0.717) is 0 Å². The van der Waals surface area contributed by atoms with E-state index in [1.54, 1.807) is 0 Å². The molecule has 1 aliphatic heterocycles. The van der Waals surface area contributed by atoms with Crippen LogP contribution < -0.4 is 5.32 Å². The molecule has 0 aliphatic carbocycles. The van der Waals surface area contributed by atoms with Crippen molar-refractivity contribution in [2.45, 2.75) is 19.9 Å². The molecule has 1 aromatic heterocycles. The van der Waals surface area contributed by atoms with Crippen LogP contribution in [0.4, 0.5) is 0 Å². The first-order chi connectivity index (χ1) is 12.8. The molecule has 0 radical (unpaired) electrons. The highest BCUT2D eigenvalue weighted by Crippen LogP contribution is 2.09. The number of pyridine rings is 1. The Bertz CT molecular complexity index is 663. The molecule has 2 aromatic rings. The van der Waals surface area contributed by atoms with Crippen molar-refractivity contribution in [2.75, 3.05) is 39.3 Å². The van der Waals surface area contributed by atoms with Gasteiger partial charge in [0.15, 0.2) is 5.96 Å². The first kappa shape index (κ1) is 18.4. The molecule has 3 rings (SSSR count). The van der Waals surface area contributed by atoms with Crippen LogP contribution in [-0.2, 0) is 13.0 Å². The third-order valence-electron chi connectivity index (χ3n) is 4.64.